The number of hydrogen-bond donors (Lipinski definition) is 3. The number of anilines is 1. The van der Waals surface area contributed by atoms with Gasteiger partial charge < -0.3 is 10.6 Å². The summed E-state index contributed by atoms with van der Waals surface area (Å²) in [6.07, 6.45) is 2.39. The molecule has 0 aromatic carbocycles. The minimum Gasteiger partial charge on any atom is -0.338 e. The van der Waals surface area contributed by atoms with Crippen LogP contribution in [-0.4, -0.2) is 25.7 Å². The molecule has 1 aromatic rings. The van der Waals surface area contributed by atoms with Crippen molar-refractivity contribution in [2.24, 2.45) is 5.92 Å². The Labute approximate surface area is 113 Å². The molecule has 94 valence electrons. The van der Waals surface area contributed by atoms with Gasteiger partial charge in [0.25, 0.3) is 0 Å². The third-order valence-corrected chi connectivity index (χ3v) is 4.30. The van der Waals surface area contributed by atoms with E-state index in [1.54, 1.807) is 0 Å². The molecule has 6 heteroatoms. The van der Waals surface area contributed by atoms with Gasteiger partial charge >= 0.3 is 6.03 Å². The highest BCUT2D eigenvalue weighted by molar-refractivity contribution is 9.11. The van der Waals surface area contributed by atoms with E-state index in [1.807, 2.05) is 12.1 Å². The topological polar surface area (TPSA) is 53.2 Å². The lowest BCUT2D eigenvalue weighted by molar-refractivity contribution is 0.248. The molecule has 4 nitrogen and oxygen atoms in total. The molecule has 17 heavy (non-hydrogen) atoms. The van der Waals surface area contributed by atoms with Crippen LogP contribution in [0.2, 0.25) is 0 Å². The summed E-state index contributed by atoms with van der Waals surface area (Å²) in [7, 11) is 0. The number of halogens is 1. The van der Waals surface area contributed by atoms with Crippen molar-refractivity contribution in [2.45, 2.75) is 12.8 Å². The molecule has 0 aliphatic carbocycles. The van der Waals surface area contributed by atoms with Crippen molar-refractivity contribution in [2.75, 3.05) is 25.0 Å². The van der Waals surface area contributed by atoms with Gasteiger partial charge in [-0.2, -0.15) is 0 Å². The quantitative estimate of drug-likeness (QED) is 0.802. The summed E-state index contributed by atoms with van der Waals surface area (Å²) < 4.78 is 1.02. The number of rotatable bonds is 3. The van der Waals surface area contributed by atoms with Crippen LogP contribution < -0.4 is 16.0 Å². The van der Waals surface area contributed by atoms with Crippen molar-refractivity contribution in [3.05, 3.63) is 15.9 Å². The first-order valence-electron chi connectivity index (χ1n) is 5.75. The molecular formula is C11H16BrN3OS. The number of carbonyl (C=O) groups is 1. The molecule has 1 saturated heterocycles. The maximum Gasteiger partial charge on any atom is 0.319 e. The van der Waals surface area contributed by atoms with Crippen molar-refractivity contribution >= 4 is 38.3 Å². The molecule has 2 heterocycles. The Balaban J connectivity index is 1.70. The van der Waals surface area contributed by atoms with Crippen LogP contribution >= 0.6 is 27.3 Å². The van der Waals surface area contributed by atoms with Gasteiger partial charge in [0.1, 0.15) is 0 Å². The number of nitrogens with one attached hydrogen (secondary N) is 3. The number of carbonyl (C=O) groups excluding carboxylic acids is 1. The van der Waals surface area contributed by atoms with Gasteiger partial charge in [0.2, 0.25) is 0 Å². The van der Waals surface area contributed by atoms with Crippen LogP contribution in [0.3, 0.4) is 0 Å². The van der Waals surface area contributed by atoms with E-state index < -0.39 is 0 Å². The second kappa shape index (κ2) is 6.37. The minimum atomic E-state index is -0.120. The normalized spacial score (nSPS) is 19.9. The molecule has 1 atom stereocenters. The molecule has 3 N–H and O–H groups in total. The average molecular weight is 318 g/mol. The Bertz CT molecular complexity index is 377. The predicted octanol–water partition coefficient (Wildman–Crippen LogP) is 2.63. The Hall–Kier alpha value is -0.590. The second-order valence-electron chi connectivity index (χ2n) is 4.15. The number of urea groups is 1. The Morgan fingerprint density at radius 1 is 1.59 bits per heavy atom. The van der Waals surface area contributed by atoms with Gasteiger partial charge in [-0.1, -0.05) is 0 Å². The fraction of sp³-hybridized carbons (Fsp3) is 0.545. The summed E-state index contributed by atoms with van der Waals surface area (Å²) in [6.45, 7) is 2.85. The lowest BCUT2D eigenvalue weighted by atomic mass is 10.00. The van der Waals surface area contributed by atoms with Crippen LogP contribution in [0.5, 0.6) is 0 Å². The van der Waals surface area contributed by atoms with Crippen LogP contribution in [0, 0.1) is 5.92 Å². The largest absolute Gasteiger partial charge is 0.338 e. The van der Waals surface area contributed by atoms with E-state index in [0.717, 1.165) is 28.4 Å². The summed E-state index contributed by atoms with van der Waals surface area (Å²) in [6, 6.07) is 3.69. The highest BCUT2D eigenvalue weighted by atomic mass is 79.9. The highest BCUT2D eigenvalue weighted by Crippen LogP contribution is 2.26. The molecule has 1 unspecified atom stereocenters. The zero-order valence-corrected chi connectivity index (χ0v) is 11.9. The number of hydrogen-bond acceptors (Lipinski definition) is 3. The molecule has 1 aromatic heterocycles. The van der Waals surface area contributed by atoms with E-state index in [2.05, 4.69) is 31.9 Å². The van der Waals surface area contributed by atoms with Gasteiger partial charge in [-0.05, 0) is 59.9 Å². The molecule has 0 bridgehead atoms. The van der Waals surface area contributed by atoms with E-state index in [4.69, 9.17) is 0 Å². The fourth-order valence-corrected chi connectivity index (χ4v) is 3.15. The van der Waals surface area contributed by atoms with Gasteiger partial charge in [-0.15, -0.1) is 11.3 Å². The van der Waals surface area contributed by atoms with Crippen molar-refractivity contribution < 1.29 is 4.79 Å². The average Bonchev–Trinajstić information content (AvgIpc) is 2.73. The van der Waals surface area contributed by atoms with Crippen LogP contribution in [0.4, 0.5) is 9.80 Å². The maximum absolute atomic E-state index is 11.6. The smallest absolute Gasteiger partial charge is 0.319 e. The molecule has 1 aliphatic rings. The SMILES string of the molecule is O=C(NCC1CCCNC1)Nc1ccc(Br)s1. The summed E-state index contributed by atoms with van der Waals surface area (Å²) in [5.74, 6) is 0.560. The lowest BCUT2D eigenvalue weighted by Crippen LogP contribution is -2.39. The van der Waals surface area contributed by atoms with Crippen molar-refractivity contribution in [1.82, 2.24) is 10.6 Å². The molecule has 1 fully saturated rings. The van der Waals surface area contributed by atoms with Gasteiger partial charge in [-0.25, -0.2) is 4.79 Å². The van der Waals surface area contributed by atoms with E-state index in [1.165, 1.54) is 24.2 Å². The molecule has 1 aliphatic heterocycles. The van der Waals surface area contributed by atoms with Crippen molar-refractivity contribution in [3.63, 3.8) is 0 Å². The molecule has 0 saturated carbocycles. The van der Waals surface area contributed by atoms with Crippen molar-refractivity contribution in [1.29, 1.82) is 0 Å². The monoisotopic (exact) mass is 317 g/mol. The third kappa shape index (κ3) is 4.29. The molecular weight excluding hydrogens is 302 g/mol. The minimum absolute atomic E-state index is 0.120. The number of thiophene rings is 1. The van der Waals surface area contributed by atoms with Crippen LogP contribution in [0.1, 0.15) is 12.8 Å². The third-order valence-electron chi connectivity index (χ3n) is 2.76. The van der Waals surface area contributed by atoms with E-state index in [9.17, 15) is 4.79 Å². The standard InChI is InChI=1S/C11H16BrN3OS/c12-9-3-4-10(17-9)15-11(16)14-7-8-2-1-5-13-6-8/h3-4,8,13H,1-2,5-7H2,(H2,14,15,16). The van der Waals surface area contributed by atoms with E-state index in [-0.39, 0.29) is 6.03 Å². The predicted molar refractivity (Wildman–Crippen MR) is 74.6 cm³/mol. The molecule has 2 amide bonds. The Morgan fingerprint density at radius 2 is 2.47 bits per heavy atom. The molecule has 2 rings (SSSR count). The van der Waals surface area contributed by atoms with Gasteiger partial charge in [0.15, 0.2) is 0 Å². The first-order valence-corrected chi connectivity index (χ1v) is 7.36. The van der Waals surface area contributed by atoms with Gasteiger partial charge in [-0.3, -0.25) is 5.32 Å². The first kappa shape index (κ1) is 12.9. The second-order valence-corrected chi connectivity index (χ2v) is 6.61. The molecule has 0 radical (unpaired) electrons. The first-order chi connectivity index (χ1) is 8.24. The Kier molecular flexibility index (Phi) is 4.82. The van der Waals surface area contributed by atoms with Crippen LogP contribution in [-0.2, 0) is 0 Å². The zero-order chi connectivity index (χ0) is 12.1. The summed E-state index contributed by atoms with van der Waals surface area (Å²) in [4.78, 5) is 11.6. The summed E-state index contributed by atoms with van der Waals surface area (Å²) in [5, 5.41) is 9.93. The molecule has 0 spiro atoms. The maximum atomic E-state index is 11.6. The van der Waals surface area contributed by atoms with Crippen LogP contribution in [0.15, 0.2) is 15.9 Å². The van der Waals surface area contributed by atoms with E-state index in [0.29, 0.717) is 5.92 Å². The van der Waals surface area contributed by atoms with Crippen molar-refractivity contribution in [3.8, 4) is 0 Å². The number of piperidine rings is 1. The zero-order valence-electron chi connectivity index (χ0n) is 9.46. The number of amides is 2. The fourth-order valence-electron chi connectivity index (χ4n) is 1.87. The summed E-state index contributed by atoms with van der Waals surface area (Å²) in [5.41, 5.74) is 0. The Morgan fingerprint density at radius 3 is 3.12 bits per heavy atom. The lowest BCUT2D eigenvalue weighted by Gasteiger charge is -2.22. The van der Waals surface area contributed by atoms with Crippen LogP contribution in [0.25, 0.3) is 0 Å². The van der Waals surface area contributed by atoms with E-state index >= 15 is 0 Å². The highest BCUT2D eigenvalue weighted by Gasteiger charge is 2.13. The van der Waals surface area contributed by atoms with Gasteiger partial charge in [0.05, 0.1) is 8.79 Å². The van der Waals surface area contributed by atoms with Gasteiger partial charge in [0, 0.05) is 6.54 Å². The summed E-state index contributed by atoms with van der Waals surface area (Å²) >= 11 is 4.87.